The van der Waals surface area contributed by atoms with Crippen LogP contribution >= 0.6 is 11.3 Å². The van der Waals surface area contributed by atoms with E-state index in [0.29, 0.717) is 23.9 Å². The van der Waals surface area contributed by atoms with Gasteiger partial charge in [-0.25, -0.2) is 20.8 Å². The van der Waals surface area contributed by atoms with Gasteiger partial charge in [-0.05, 0) is 6.92 Å². The molecular weight excluding hydrogens is 252 g/mol. The van der Waals surface area contributed by atoms with Gasteiger partial charge in [0, 0.05) is 11.1 Å². The number of aromatic nitrogens is 3. The molecule has 2 aromatic heterocycles. The maximum atomic E-state index is 5.35. The summed E-state index contributed by atoms with van der Waals surface area (Å²) in [4.78, 5) is 12.4. The molecule has 0 aromatic carbocycles. The third-order valence-electron chi connectivity index (χ3n) is 2.22. The van der Waals surface area contributed by atoms with Gasteiger partial charge < -0.3 is 15.5 Å². The number of hydrogen-bond donors (Lipinski definition) is 3. The quantitative estimate of drug-likeness (QED) is 0.551. The summed E-state index contributed by atoms with van der Waals surface area (Å²) in [5, 5.41) is 6.13. The van der Waals surface area contributed by atoms with Crippen molar-refractivity contribution in [3.05, 3.63) is 22.4 Å². The lowest BCUT2D eigenvalue weighted by atomic mass is 10.4. The van der Waals surface area contributed by atoms with E-state index in [-0.39, 0.29) is 0 Å². The van der Waals surface area contributed by atoms with Crippen molar-refractivity contribution in [2.75, 3.05) is 17.9 Å². The molecule has 4 N–H and O–H groups in total. The van der Waals surface area contributed by atoms with Crippen LogP contribution < -0.4 is 21.3 Å². The second-order valence-electron chi connectivity index (χ2n) is 3.48. The molecular formula is C10H14N6OS. The molecule has 0 spiro atoms. The molecule has 0 aliphatic carbocycles. The Labute approximate surface area is 108 Å². The Bertz CT molecular complexity index is 529. The first kappa shape index (κ1) is 12.5. The SMILES string of the molecule is COc1c(NN)ncnc1NCc1nc(C)cs1. The first-order valence-corrected chi connectivity index (χ1v) is 6.13. The van der Waals surface area contributed by atoms with Gasteiger partial charge in [-0.1, -0.05) is 0 Å². The molecule has 0 radical (unpaired) electrons. The first-order chi connectivity index (χ1) is 8.74. The van der Waals surface area contributed by atoms with E-state index in [1.54, 1.807) is 11.3 Å². The highest BCUT2D eigenvalue weighted by Gasteiger charge is 2.11. The molecule has 0 saturated heterocycles. The maximum absolute atomic E-state index is 5.35. The van der Waals surface area contributed by atoms with Crippen molar-refractivity contribution < 1.29 is 4.74 Å². The molecule has 96 valence electrons. The Morgan fingerprint density at radius 2 is 2.17 bits per heavy atom. The van der Waals surface area contributed by atoms with Crippen molar-refractivity contribution in [1.29, 1.82) is 0 Å². The van der Waals surface area contributed by atoms with Crippen LogP contribution in [0.4, 0.5) is 11.6 Å². The predicted octanol–water partition coefficient (Wildman–Crippen LogP) is 1.15. The summed E-state index contributed by atoms with van der Waals surface area (Å²) >= 11 is 1.59. The summed E-state index contributed by atoms with van der Waals surface area (Å²) in [7, 11) is 1.54. The summed E-state index contributed by atoms with van der Waals surface area (Å²) in [5.41, 5.74) is 3.47. The van der Waals surface area contributed by atoms with Crippen molar-refractivity contribution >= 4 is 23.0 Å². The zero-order valence-corrected chi connectivity index (χ0v) is 10.9. The van der Waals surface area contributed by atoms with Crippen LogP contribution in [0.1, 0.15) is 10.7 Å². The molecule has 2 rings (SSSR count). The Hall–Kier alpha value is -1.93. The Balaban J connectivity index is 2.13. The van der Waals surface area contributed by atoms with Crippen LogP contribution in [0.3, 0.4) is 0 Å². The Morgan fingerprint density at radius 1 is 1.39 bits per heavy atom. The van der Waals surface area contributed by atoms with Crippen LogP contribution in [0.2, 0.25) is 0 Å². The van der Waals surface area contributed by atoms with Gasteiger partial charge in [0.1, 0.15) is 11.3 Å². The van der Waals surface area contributed by atoms with E-state index in [1.165, 1.54) is 13.4 Å². The van der Waals surface area contributed by atoms with Gasteiger partial charge in [-0.2, -0.15) is 0 Å². The van der Waals surface area contributed by atoms with Gasteiger partial charge in [0.2, 0.25) is 5.75 Å². The van der Waals surface area contributed by atoms with E-state index in [9.17, 15) is 0 Å². The number of rotatable bonds is 5. The van der Waals surface area contributed by atoms with E-state index >= 15 is 0 Å². The normalized spacial score (nSPS) is 10.2. The number of ether oxygens (including phenoxy) is 1. The topological polar surface area (TPSA) is 98.0 Å². The zero-order valence-electron chi connectivity index (χ0n) is 10.1. The molecule has 7 nitrogen and oxygen atoms in total. The minimum Gasteiger partial charge on any atom is -0.490 e. The summed E-state index contributed by atoms with van der Waals surface area (Å²) in [6.07, 6.45) is 1.41. The number of nitrogens with zero attached hydrogens (tertiary/aromatic N) is 3. The van der Waals surface area contributed by atoms with Crippen molar-refractivity contribution in [2.45, 2.75) is 13.5 Å². The van der Waals surface area contributed by atoms with Crippen LogP contribution in [0, 0.1) is 6.92 Å². The zero-order chi connectivity index (χ0) is 13.0. The number of thiazole rings is 1. The van der Waals surface area contributed by atoms with E-state index in [0.717, 1.165) is 10.7 Å². The number of aryl methyl sites for hydroxylation is 1. The van der Waals surface area contributed by atoms with E-state index in [4.69, 9.17) is 10.6 Å². The third kappa shape index (κ3) is 2.66. The molecule has 0 aliphatic rings. The molecule has 8 heteroatoms. The lowest BCUT2D eigenvalue weighted by Gasteiger charge is -2.11. The van der Waals surface area contributed by atoms with Crippen molar-refractivity contribution in [2.24, 2.45) is 5.84 Å². The molecule has 0 bridgehead atoms. The number of nitrogens with one attached hydrogen (secondary N) is 2. The highest BCUT2D eigenvalue weighted by Crippen LogP contribution is 2.28. The second-order valence-corrected chi connectivity index (χ2v) is 4.43. The third-order valence-corrected chi connectivity index (χ3v) is 3.18. The molecule has 0 atom stereocenters. The largest absolute Gasteiger partial charge is 0.490 e. The number of nitrogen functional groups attached to an aromatic ring is 1. The monoisotopic (exact) mass is 266 g/mol. The second kappa shape index (κ2) is 5.61. The molecule has 18 heavy (non-hydrogen) atoms. The summed E-state index contributed by atoms with van der Waals surface area (Å²) in [5.74, 6) is 6.84. The summed E-state index contributed by atoms with van der Waals surface area (Å²) in [6, 6.07) is 0. The smallest absolute Gasteiger partial charge is 0.205 e. The highest BCUT2D eigenvalue weighted by atomic mass is 32.1. The van der Waals surface area contributed by atoms with E-state index in [2.05, 4.69) is 25.7 Å². The van der Waals surface area contributed by atoms with Crippen molar-refractivity contribution in [3.8, 4) is 5.75 Å². The maximum Gasteiger partial charge on any atom is 0.205 e. The Morgan fingerprint density at radius 3 is 2.78 bits per heavy atom. The molecule has 0 amide bonds. The summed E-state index contributed by atoms with van der Waals surface area (Å²) < 4.78 is 5.21. The number of anilines is 2. The summed E-state index contributed by atoms with van der Waals surface area (Å²) in [6.45, 7) is 2.54. The van der Waals surface area contributed by atoms with Crippen LogP contribution in [0.15, 0.2) is 11.7 Å². The lowest BCUT2D eigenvalue weighted by molar-refractivity contribution is 0.414. The average molecular weight is 266 g/mol. The minimum atomic E-state index is 0.435. The van der Waals surface area contributed by atoms with Crippen molar-refractivity contribution in [3.63, 3.8) is 0 Å². The molecule has 0 saturated carbocycles. The van der Waals surface area contributed by atoms with Gasteiger partial charge in [0.05, 0.1) is 13.7 Å². The fraction of sp³-hybridized carbons (Fsp3) is 0.300. The van der Waals surface area contributed by atoms with Crippen LogP contribution in [-0.4, -0.2) is 22.1 Å². The first-order valence-electron chi connectivity index (χ1n) is 5.25. The van der Waals surface area contributed by atoms with Gasteiger partial charge in [0.15, 0.2) is 11.6 Å². The van der Waals surface area contributed by atoms with Crippen LogP contribution in [0.25, 0.3) is 0 Å². The molecule has 2 heterocycles. The van der Waals surface area contributed by atoms with Crippen molar-refractivity contribution in [1.82, 2.24) is 15.0 Å². The standard InChI is InChI=1S/C10H14N6OS/c1-6-4-18-7(15-6)3-12-9-8(17-2)10(16-11)14-5-13-9/h4-5H,3,11H2,1-2H3,(H2,12,13,14,16). The number of hydrazine groups is 1. The molecule has 0 aliphatic heterocycles. The van der Waals surface area contributed by atoms with Gasteiger partial charge in [-0.15, -0.1) is 11.3 Å². The minimum absolute atomic E-state index is 0.435. The van der Waals surface area contributed by atoms with Gasteiger partial charge in [0.25, 0.3) is 0 Å². The van der Waals surface area contributed by atoms with Crippen LogP contribution in [0.5, 0.6) is 5.75 Å². The molecule has 0 fully saturated rings. The molecule has 2 aromatic rings. The Kier molecular flexibility index (Phi) is 3.90. The fourth-order valence-corrected chi connectivity index (χ4v) is 2.15. The molecule has 0 unspecified atom stereocenters. The predicted molar refractivity (Wildman–Crippen MR) is 70.6 cm³/mol. The van der Waals surface area contributed by atoms with E-state index in [1.807, 2.05) is 12.3 Å². The lowest BCUT2D eigenvalue weighted by Crippen LogP contribution is -2.12. The number of hydrogen-bond acceptors (Lipinski definition) is 8. The average Bonchev–Trinajstić information content (AvgIpc) is 2.81. The number of methoxy groups -OCH3 is 1. The highest BCUT2D eigenvalue weighted by molar-refractivity contribution is 7.09. The van der Waals surface area contributed by atoms with Gasteiger partial charge >= 0.3 is 0 Å². The van der Waals surface area contributed by atoms with Gasteiger partial charge in [-0.3, -0.25) is 0 Å². The van der Waals surface area contributed by atoms with E-state index < -0.39 is 0 Å². The van der Waals surface area contributed by atoms with Crippen LogP contribution in [-0.2, 0) is 6.54 Å². The number of nitrogens with two attached hydrogens (primary N) is 1. The fourth-order valence-electron chi connectivity index (χ4n) is 1.44.